The number of phosphoric acid groups is 2. The Hall–Kier alpha value is -6.21. The van der Waals surface area contributed by atoms with E-state index in [0.717, 1.165) is 42.9 Å². The van der Waals surface area contributed by atoms with Crippen LogP contribution in [-0.2, 0) is 60.5 Å². The number of rotatable bonds is 24. The number of phosphoric ester groups is 2. The normalized spacial score (nSPS) is 33.3. The quantitative estimate of drug-likeness (QED) is 0.0191. The van der Waals surface area contributed by atoms with Crippen molar-refractivity contribution in [1.82, 2.24) is 58.6 Å². The summed E-state index contributed by atoms with van der Waals surface area (Å²) >= 11 is 0. The molecule has 0 aromatic carbocycles. The van der Waals surface area contributed by atoms with E-state index in [1.165, 1.54) is 102 Å². The topological polar surface area (TPSA) is 421 Å². The average Bonchev–Trinajstić information content (AvgIpc) is 1.39. The van der Waals surface area contributed by atoms with Crippen LogP contribution in [0.5, 0.6) is 0 Å². The number of aliphatic hydroxyl groups excluding tert-OH is 1. The maximum absolute atomic E-state index is 14.1. The zero-order valence-electron chi connectivity index (χ0n) is 53.4. The molecular formula is C61H85N15O16P2. The summed E-state index contributed by atoms with van der Waals surface area (Å²) in [6, 6.07) is 0. The van der Waals surface area contributed by atoms with Gasteiger partial charge in [-0.1, -0.05) is 65.5 Å². The summed E-state index contributed by atoms with van der Waals surface area (Å²) in [5, 5.41) is 10.00. The molecule has 6 aromatic heterocycles. The minimum Gasteiger partial charge on any atom is -0.462 e. The van der Waals surface area contributed by atoms with Crippen molar-refractivity contribution in [1.29, 1.82) is 0 Å². The van der Waals surface area contributed by atoms with Crippen molar-refractivity contribution in [3.05, 3.63) is 49.6 Å². The SMILES string of the molecule is CC(C)CCC[C@@H](C)[C@H]1CC[C@H]2[C@@H]3CC=C4C[C@@H](OC(=O)CCC(=O)O[C@@H]5C[C@@H](COP(=O)(O)O[C@@H]6C[C@@H](COP(=O)(O)O[C@@H]7C[C@@H](CO)O[C@H]7n7cnc8c(N)ncnc87)O[C@H]6n6cnc7c(N)ncnc76)O[C@H]5n5cnc6c(N)ncnc65)CC[C@]4(C)[C@H]3CC[C@]12C. The molecule has 0 bridgehead atoms. The highest BCUT2D eigenvalue weighted by atomic mass is 31.2. The maximum atomic E-state index is 14.1. The lowest BCUT2D eigenvalue weighted by atomic mass is 9.47. The second-order valence-electron chi connectivity index (χ2n) is 27.6. The predicted molar refractivity (Wildman–Crippen MR) is 335 cm³/mol. The third kappa shape index (κ3) is 13.2. The Balaban J connectivity index is 0.632. The first-order valence-corrected chi connectivity index (χ1v) is 35.7. The second-order valence-corrected chi connectivity index (χ2v) is 30.4. The number of esters is 2. The van der Waals surface area contributed by atoms with Crippen molar-refractivity contribution in [3.8, 4) is 0 Å². The van der Waals surface area contributed by atoms with E-state index < -0.39 is 103 Å². The minimum absolute atomic E-state index is 0.0305. The average molecular weight is 1350 g/mol. The van der Waals surface area contributed by atoms with Gasteiger partial charge >= 0.3 is 27.6 Å². The van der Waals surface area contributed by atoms with Crippen molar-refractivity contribution < 1.29 is 75.4 Å². The van der Waals surface area contributed by atoms with E-state index in [1.54, 1.807) is 0 Å². The Morgan fingerprint density at radius 1 is 0.638 bits per heavy atom. The molecule has 4 aliphatic carbocycles. The number of hydrogen-bond donors (Lipinski definition) is 6. The molecule has 6 fully saturated rings. The molecule has 13 rings (SSSR count). The van der Waals surface area contributed by atoms with Crippen LogP contribution >= 0.6 is 15.6 Å². The molecule has 3 saturated carbocycles. The molecule has 3 saturated heterocycles. The number of fused-ring (bicyclic) bond motifs is 8. The largest absolute Gasteiger partial charge is 0.472 e. The minimum atomic E-state index is -5.11. The van der Waals surface area contributed by atoms with E-state index in [9.17, 15) is 33.6 Å². The number of allylic oxidation sites excluding steroid dienone is 1. The van der Waals surface area contributed by atoms with Crippen LogP contribution in [0.4, 0.5) is 17.5 Å². The summed E-state index contributed by atoms with van der Waals surface area (Å²) in [6.07, 6.45) is 11.7. The first-order valence-electron chi connectivity index (χ1n) is 32.7. The van der Waals surface area contributed by atoms with Gasteiger partial charge in [-0.15, -0.1) is 0 Å². The molecule has 2 unspecified atom stereocenters. The number of anilines is 3. The molecule has 33 heteroatoms. The molecule has 9 heterocycles. The van der Waals surface area contributed by atoms with E-state index in [0.29, 0.717) is 23.7 Å². The fourth-order valence-corrected chi connectivity index (χ4v) is 18.8. The fourth-order valence-electron chi connectivity index (χ4n) is 16.9. The molecule has 9 N–H and O–H groups in total. The van der Waals surface area contributed by atoms with Crippen molar-refractivity contribution >= 4 is 78.5 Å². The molecule has 0 radical (unpaired) electrons. The standard InChI is InChI=1S/C61H85N15O16P2/c1-32(2)7-6-8-33(3)40-11-12-41-39-10-9-34-19-35(15-17-60(34,4)42(39)16-18-61(40,41)5)86-46(78)13-14-47(79)90-43-21-37(88-57(43)74-29-71-48-51(62)65-26-68-54(48)74)24-84-94(82,83)92-45-22-38(89-59(45)76-31-73-50-53(64)67-28-70-56(50)76)25-85-93(80,81)91-44-20-36(23-77)87-58(44)75-30-72-49-52(63)66-27-69-55(49)75/h9,26-33,35-45,57-59,77H,6-8,10-25H2,1-5H3,(H,80,81)(H,82,83)(H2,62,65,68)(H2,63,66,69)(H2,64,67,70)/t33-,35+,36+,37+,38+,39+,40-,41+,42+,43-,44-,45-,57-,58-,59-,60+,61-/m1/s1. The zero-order valence-corrected chi connectivity index (χ0v) is 55.1. The zero-order chi connectivity index (χ0) is 66.0. The van der Waals surface area contributed by atoms with Gasteiger partial charge in [0, 0.05) is 25.7 Å². The number of ether oxygens (including phenoxy) is 5. The van der Waals surface area contributed by atoms with E-state index in [4.69, 9.17) is 59.0 Å². The summed E-state index contributed by atoms with van der Waals surface area (Å²) in [6.45, 7) is 10.6. The highest BCUT2D eigenvalue weighted by Crippen LogP contribution is 2.68. The molecule has 31 nitrogen and oxygen atoms in total. The molecule has 94 heavy (non-hydrogen) atoms. The summed E-state index contributed by atoms with van der Waals surface area (Å²) in [7, 11) is -10.1. The molecule has 6 aromatic rings. The molecule has 510 valence electrons. The number of aromatic nitrogens is 12. The number of carbonyl (C=O) groups excluding carboxylic acids is 2. The van der Waals surface area contributed by atoms with Gasteiger partial charge in [0.2, 0.25) is 0 Å². The van der Waals surface area contributed by atoms with E-state index in [-0.39, 0.29) is 94.6 Å². The molecule has 0 amide bonds. The molecule has 7 aliphatic rings. The number of nitrogens with two attached hydrogens (primary N) is 3. The van der Waals surface area contributed by atoms with Gasteiger partial charge < -0.3 is 55.8 Å². The summed E-state index contributed by atoms with van der Waals surface area (Å²) in [5.74, 6) is 3.32. The number of nitrogen functional groups attached to an aromatic ring is 3. The Bertz CT molecular complexity index is 3890. The lowest BCUT2D eigenvalue weighted by Gasteiger charge is -2.58. The summed E-state index contributed by atoms with van der Waals surface area (Å²) < 4.78 is 85.7. The first kappa shape index (κ1) is 66.4. The third-order valence-corrected chi connectivity index (χ3v) is 23.4. The van der Waals surface area contributed by atoms with E-state index in [1.807, 2.05) is 0 Å². The van der Waals surface area contributed by atoms with Crippen molar-refractivity contribution in [2.24, 2.45) is 46.3 Å². The van der Waals surface area contributed by atoms with Gasteiger partial charge in [0.15, 0.2) is 53.1 Å². The second kappa shape index (κ2) is 26.7. The number of imidazole rings is 3. The van der Waals surface area contributed by atoms with Crippen LogP contribution in [0.15, 0.2) is 49.6 Å². The van der Waals surface area contributed by atoms with Crippen molar-refractivity contribution in [2.45, 2.75) is 199 Å². The number of aliphatic hydroxyl groups is 1. The van der Waals surface area contributed by atoms with Crippen LogP contribution in [0.3, 0.4) is 0 Å². The molecule has 0 spiro atoms. The van der Waals surface area contributed by atoms with Crippen LogP contribution in [0.2, 0.25) is 0 Å². The Morgan fingerprint density at radius 2 is 1.14 bits per heavy atom. The van der Waals surface area contributed by atoms with E-state index >= 15 is 0 Å². The third-order valence-electron chi connectivity index (χ3n) is 21.4. The van der Waals surface area contributed by atoms with Gasteiger partial charge in [0.25, 0.3) is 0 Å². The lowest BCUT2D eigenvalue weighted by molar-refractivity contribution is -0.160. The lowest BCUT2D eigenvalue weighted by Crippen LogP contribution is -2.51. The predicted octanol–water partition coefficient (Wildman–Crippen LogP) is 7.76. The van der Waals surface area contributed by atoms with Crippen LogP contribution in [0.25, 0.3) is 33.5 Å². The monoisotopic (exact) mass is 1350 g/mol. The number of nitrogens with zero attached hydrogens (tertiary/aromatic N) is 12. The van der Waals surface area contributed by atoms with Gasteiger partial charge in [-0.3, -0.25) is 41.4 Å². The van der Waals surface area contributed by atoms with E-state index in [2.05, 4.69) is 85.6 Å². The first-order chi connectivity index (χ1) is 45.0. The molecule has 3 aliphatic heterocycles. The molecular weight excluding hydrogens is 1260 g/mol. The van der Waals surface area contributed by atoms with Crippen molar-refractivity contribution in [2.75, 3.05) is 37.0 Å². The Morgan fingerprint density at radius 3 is 1.67 bits per heavy atom. The van der Waals surface area contributed by atoms with Crippen LogP contribution in [-0.4, -0.2) is 148 Å². The van der Waals surface area contributed by atoms with Gasteiger partial charge in [-0.05, 0) is 91.3 Å². The van der Waals surface area contributed by atoms with Crippen molar-refractivity contribution in [3.63, 3.8) is 0 Å². The number of hydrogen-bond acceptors (Lipinski definition) is 26. The highest BCUT2D eigenvalue weighted by molar-refractivity contribution is 7.47. The van der Waals surface area contributed by atoms with Gasteiger partial charge in [0.05, 0.1) is 70.0 Å². The molecule has 19 atom stereocenters. The summed E-state index contributed by atoms with van der Waals surface area (Å²) in [4.78, 5) is 87.8. The fraction of sp³-hybridized carbons (Fsp3) is 0.689. The number of carbonyl (C=O) groups is 2. The van der Waals surface area contributed by atoms with Crippen LogP contribution in [0, 0.1) is 46.3 Å². The van der Waals surface area contributed by atoms with Crippen LogP contribution < -0.4 is 17.2 Å². The Kier molecular flexibility index (Phi) is 18.8. The Labute approximate surface area is 542 Å². The van der Waals surface area contributed by atoms with Crippen LogP contribution in [0.1, 0.15) is 156 Å². The van der Waals surface area contributed by atoms with Gasteiger partial charge in [0.1, 0.15) is 59.9 Å². The van der Waals surface area contributed by atoms with Gasteiger partial charge in [-0.2, -0.15) is 0 Å². The smallest absolute Gasteiger partial charge is 0.462 e. The highest BCUT2D eigenvalue weighted by Gasteiger charge is 2.59. The summed E-state index contributed by atoms with van der Waals surface area (Å²) in [5.41, 5.74) is 21.5. The maximum Gasteiger partial charge on any atom is 0.472 e. The van der Waals surface area contributed by atoms with Gasteiger partial charge in [-0.25, -0.2) is 54.0 Å².